The van der Waals surface area contributed by atoms with Gasteiger partial charge in [0.1, 0.15) is 6.61 Å². The van der Waals surface area contributed by atoms with Crippen LogP contribution in [-0.2, 0) is 9.59 Å². The van der Waals surface area contributed by atoms with Crippen molar-refractivity contribution in [3.8, 4) is 0 Å². The summed E-state index contributed by atoms with van der Waals surface area (Å²) in [5.74, 6) is -0.0481. The molecule has 2 aromatic rings. The van der Waals surface area contributed by atoms with E-state index < -0.39 is 6.61 Å². The summed E-state index contributed by atoms with van der Waals surface area (Å²) < 4.78 is 0. The van der Waals surface area contributed by atoms with E-state index in [1.165, 1.54) is 0 Å². The lowest BCUT2D eigenvalue weighted by Gasteiger charge is -2.34. The first-order chi connectivity index (χ1) is 13.6. The van der Waals surface area contributed by atoms with E-state index in [1.807, 2.05) is 29.2 Å². The predicted octanol–water partition coefficient (Wildman–Crippen LogP) is 1.96. The lowest BCUT2D eigenvalue weighted by Crippen LogP contribution is -2.50. The van der Waals surface area contributed by atoms with Crippen LogP contribution >= 0.6 is 0 Å². The second-order valence-corrected chi connectivity index (χ2v) is 7.18. The third-order valence-electron chi connectivity index (χ3n) is 5.26. The molecule has 1 fully saturated rings. The lowest BCUT2D eigenvalue weighted by molar-refractivity contribution is -0.132. The molecule has 0 spiro atoms. The van der Waals surface area contributed by atoms with E-state index >= 15 is 0 Å². The molecule has 0 atom stereocenters. The monoisotopic (exact) mass is 385 g/mol. The fraction of sp³-hybridized carbons (Fsp3) is 0.476. The maximum Gasteiger partial charge on any atom is 0.256 e. The Morgan fingerprint density at radius 1 is 0.929 bits per heavy atom. The third-order valence-corrected chi connectivity index (χ3v) is 5.26. The molecule has 2 N–H and O–H groups in total. The van der Waals surface area contributed by atoms with Crippen LogP contribution in [0.3, 0.4) is 0 Å². The molecule has 7 heteroatoms. The number of aliphatic hydroxyl groups is 1. The normalized spacial score (nSPS) is 14.5. The quantitative estimate of drug-likeness (QED) is 0.680. The van der Waals surface area contributed by atoms with Gasteiger partial charge in [-0.2, -0.15) is 0 Å². The highest BCUT2D eigenvalue weighted by Crippen LogP contribution is 2.20. The Hall–Kier alpha value is -2.67. The number of unbranched alkanes of at least 4 members (excludes halogenated alkanes) is 2. The largest absolute Gasteiger partial charge is 0.389 e. The molecule has 28 heavy (non-hydrogen) atoms. The van der Waals surface area contributed by atoms with E-state index in [1.54, 1.807) is 11.1 Å². The van der Waals surface area contributed by atoms with Crippen molar-refractivity contribution in [3.05, 3.63) is 36.0 Å². The number of Topliss-reactive ketones (excluding diaryl/α,β-unsaturated/α-hetero) is 1. The number of benzene rings is 1. The molecule has 3 rings (SSSR count). The van der Waals surface area contributed by atoms with Crippen LogP contribution in [0.25, 0.3) is 10.9 Å². The van der Waals surface area contributed by atoms with Gasteiger partial charge in [0, 0.05) is 56.1 Å². The van der Waals surface area contributed by atoms with E-state index in [2.05, 4.69) is 4.98 Å². The van der Waals surface area contributed by atoms with Gasteiger partial charge in [-0.15, -0.1) is 0 Å². The predicted molar refractivity (Wildman–Crippen MR) is 106 cm³/mol. The molecule has 1 aromatic carbocycles. The maximum atomic E-state index is 12.8. The number of aliphatic hydroxyl groups excluding tert-OH is 1. The number of hydrogen-bond acceptors (Lipinski definition) is 4. The lowest BCUT2D eigenvalue weighted by atomic mass is 10.1. The molecule has 1 aliphatic heterocycles. The van der Waals surface area contributed by atoms with E-state index in [9.17, 15) is 14.4 Å². The van der Waals surface area contributed by atoms with Gasteiger partial charge in [-0.1, -0.05) is 24.6 Å². The number of aromatic amines is 1. The number of piperazine rings is 1. The molecule has 1 saturated heterocycles. The highest BCUT2D eigenvalue weighted by molar-refractivity contribution is 6.06. The van der Waals surface area contributed by atoms with Gasteiger partial charge >= 0.3 is 0 Å². The van der Waals surface area contributed by atoms with Crippen molar-refractivity contribution in [2.24, 2.45) is 0 Å². The molecule has 0 saturated carbocycles. The first-order valence-corrected chi connectivity index (χ1v) is 9.86. The highest BCUT2D eigenvalue weighted by atomic mass is 16.3. The van der Waals surface area contributed by atoms with Crippen molar-refractivity contribution in [1.29, 1.82) is 0 Å². The number of hydrogen-bond donors (Lipinski definition) is 2. The molecule has 2 amide bonds. The maximum absolute atomic E-state index is 12.8. The molecule has 7 nitrogen and oxygen atoms in total. The molecule has 1 aromatic heterocycles. The summed E-state index contributed by atoms with van der Waals surface area (Å²) in [6.07, 6.45) is 4.84. The van der Waals surface area contributed by atoms with Gasteiger partial charge < -0.3 is 19.9 Å². The van der Waals surface area contributed by atoms with Gasteiger partial charge in [-0.05, 0) is 18.9 Å². The third kappa shape index (κ3) is 4.78. The van der Waals surface area contributed by atoms with Crippen LogP contribution in [0.2, 0.25) is 0 Å². The molecule has 150 valence electrons. The number of H-pyrrole nitrogens is 1. The number of carbonyl (C=O) groups excluding carboxylic acids is 3. The molecular formula is C21H27N3O4. The number of amides is 2. The standard InChI is InChI=1S/C21H27N3O4/c25-15-16(26)6-2-1-3-9-20(27)23-10-12-24(13-11-23)21(28)18-14-22-19-8-5-4-7-17(18)19/h4-5,7-8,14,22,25H,1-3,6,9-13,15H2. The Morgan fingerprint density at radius 3 is 2.36 bits per heavy atom. The zero-order valence-electron chi connectivity index (χ0n) is 16.0. The Balaban J connectivity index is 1.43. The van der Waals surface area contributed by atoms with Crippen LogP contribution in [0, 0.1) is 0 Å². The van der Waals surface area contributed by atoms with Crippen LogP contribution in [0.1, 0.15) is 42.5 Å². The number of fused-ring (bicyclic) bond motifs is 1. The minimum atomic E-state index is -0.402. The minimum Gasteiger partial charge on any atom is -0.389 e. The smallest absolute Gasteiger partial charge is 0.256 e. The summed E-state index contributed by atoms with van der Waals surface area (Å²) in [4.78, 5) is 43.0. The van der Waals surface area contributed by atoms with Gasteiger partial charge in [0.2, 0.25) is 5.91 Å². The van der Waals surface area contributed by atoms with E-state index in [-0.39, 0.29) is 17.6 Å². The summed E-state index contributed by atoms with van der Waals surface area (Å²) in [6.45, 7) is 1.77. The van der Waals surface area contributed by atoms with Crippen LogP contribution in [0.15, 0.2) is 30.5 Å². The van der Waals surface area contributed by atoms with Crippen molar-refractivity contribution < 1.29 is 19.5 Å². The topological polar surface area (TPSA) is 93.7 Å². The highest BCUT2D eigenvalue weighted by Gasteiger charge is 2.25. The summed E-state index contributed by atoms with van der Waals surface area (Å²) in [5.41, 5.74) is 1.62. The number of nitrogens with zero attached hydrogens (tertiary/aromatic N) is 2. The number of rotatable bonds is 8. The number of carbonyl (C=O) groups is 3. The van der Waals surface area contributed by atoms with Crippen molar-refractivity contribution in [2.75, 3.05) is 32.8 Å². The zero-order valence-corrected chi connectivity index (χ0v) is 16.0. The van der Waals surface area contributed by atoms with Crippen molar-refractivity contribution in [1.82, 2.24) is 14.8 Å². The molecule has 0 unspecified atom stereocenters. The zero-order chi connectivity index (χ0) is 19.9. The van der Waals surface area contributed by atoms with E-state index in [0.29, 0.717) is 51.0 Å². The van der Waals surface area contributed by atoms with Crippen LogP contribution in [0.5, 0.6) is 0 Å². The van der Waals surface area contributed by atoms with Crippen molar-refractivity contribution in [2.45, 2.75) is 32.1 Å². The fourth-order valence-electron chi connectivity index (χ4n) is 3.59. The summed E-state index contributed by atoms with van der Waals surface area (Å²) in [6, 6.07) is 7.74. The first-order valence-electron chi connectivity index (χ1n) is 9.86. The summed E-state index contributed by atoms with van der Waals surface area (Å²) in [5, 5.41) is 9.60. The van der Waals surface area contributed by atoms with Crippen molar-refractivity contribution in [3.63, 3.8) is 0 Å². The Morgan fingerprint density at radius 2 is 1.61 bits per heavy atom. The Kier molecular flexibility index (Phi) is 6.81. The second kappa shape index (κ2) is 9.50. The number of nitrogens with one attached hydrogen (secondary N) is 1. The summed E-state index contributed by atoms with van der Waals surface area (Å²) >= 11 is 0. The van der Waals surface area contributed by atoms with Crippen LogP contribution in [-0.4, -0.2) is 70.3 Å². The van der Waals surface area contributed by atoms with Crippen LogP contribution < -0.4 is 0 Å². The van der Waals surface area contributed by atoms with Crippen LogP contribution in [0.4, 0.5) is 0 Å². The van der Waals surface area contributed by atoms with Gasteiger partial charge in [-0.3, -0.25) is 14.4 Å². The van der Waals surface area contributed by atoms with Gasteiger partial charge in [-0.25, -0.2) is 0 Å². The van der Waals surface area contributed by atoms with E-state index in [0.717, 1.165) is 23.7 Å². The van der Waals surface area contributed by atoms with Crippen molar-refractivity contribution >= 4 is 28.5 Å². The molecule has 2 heterocycles. The number of aromatic nitrogens is 1. The first kappa shape index (κ1) is 20.1. The number of para-hydroxylation sites is 1. The number of ketones is 1. The minimum absolute atomic E-state index is 0.00176. The second-order valence-electron chi connectivity index (χ2n) is 7.18. The average Bonchev–Trinajstić information content (AvgIpc) is 3.17. The average molecular weight is 385 g/mol. The SMILES string of the molecule is O=C(CO)CCCCCC(=O)N1CCN(C(=O)c2c[nH]c3ccccc23)CC1. The fourth-order valence-corrected chi connectivity index (χ4v) is 3.59. The molecule has 1 aliphatic rings. The molecule has 0 radical (unpaired) electrons. The van der Waals surface area contributed by atoms with Gasteiger partial charge in [0.05, 0.1) is 5.56 Å². The van der Waals surface area contributed by atoms with Gasteiger partial charge in [0.25, 0.3) is 5.91 Å². The summed E-state index contributed by atoms with van der Waals surface area (Å²) in [7, 11) is 0. The molecule has 0 aliphatic carbocycles. The molecule has 0 bridgehead atoms. The van der Waals surface area contributed by atoms with E-state index in [4.69, 9.17) is 5.11 Å². The Bertz CT molecular complexity index is 837. The molecular weight excluding hydrogens is 358 g/mol. The Labute approximate surface area is 164 Å². The van der Waals surface area contributed by atoms with Gasteiger partial charge in [0.15, 0.2) is 5.78 Å².